The minimum absolute atomic E-state index is 0.121. The molecule has 2 heterocycles. The van der Waals surface area contributed by atoms with Gasteiger partial charge in [-0.25, -0.2) is 4.99 Å². The normalized spacial score (nSPS) is 15.4. The molecule has 0 saturated carbocycles. The second kappa shape index (κ2) is 14.2. The Morgan fingerprint density at radius 1 is 1.02 bits per heavy atom. The number of methoxy groups -OCH3 is 1. The molecule has 0 bridgehead atoms. The predicted molar refractivity (Wildman–Crippen MR) is 169 cm³/mol. The van der Waals surface area contributed by atoms with E-state index in [0.29, 0.717) is 55.4 Å². The number of nitrogens with one attached hydrogen (secondary N) is 2. The predicted octanol–water partition coefficient (Wildman–Crippen LogP) is 3.69. The van der Waals surface area contributed by atoms with E-state index in [4.69, 9.17) is 48.1 Å². The number of nitrogens with two attached hydrogens (primary N) is 1. The summed E-state index contributed by atoms with van der Waals surface area (Å²) in [5.41, 5.74) is 10.1. The fraction of sp³-hybridized carbons (Fsp3) is 0.290. The molecule has 5 rings (SSSR count). The van der Waals surface area contributed by atoms with E-state index < -0.39 is 18.0 Å². The summed E-state index contributed by atoms with van der Waals surface area (Å²) in [5.74, 6) is -1.32. The van der Waals surface area contributed by atoms with Crippen LogP contribution in [0.4, 0.5) is 17.1 Å². The molecule has 1 atom stereocenters. The van der Waals surface area contributed by atoms with Crippen LogP contribution < -0.4 is 21.3 Å². The molecule has 11 nitrogen and oxygen atoms in total. The number of ether oxygens (including phenoxy) is 3. The van der Waals surface area contributed by atoms with Gasteiger partial charge in [0, 0.05) is 36.0 Å². The molecule has 3 aromatic carbocycles. The highest BCUT2D eigenvalue weighted by Gasteiger charge is 2.38. The van der Waals surface area contributed by atoms with Crippen LogP contribution in [0, 0.1) is 0 Å². The maximum atomic E-state index is 13.8. The van der Waals surface area contributed by atoms with Crippen LogP contribution in [0.15, 0.2) is 59.6 Å². The van der Waals surface area contributed by atoms with Gasteiger partial charge in [-0.3, -0.25) is 14.4 Å². The van der Waals surface area contributed by atoms with E-state index in [1.54, 1.807) is 18.1 Å². The number of carbonyl (C=O) groups is 3. The van der Waals surface area contributed by atoms with Gasteiger partial charge in [0.1, 0.15) is 6.61 Å². The SMILES string of the molecule is COCCOCCOCC(=O)Nc1cc2c3c(c1)C(c1ccccc1)=N[C@@H](NC(=O)c1cc(Cl)c(N)c(Cl)c1)C(=O)N3CC2. The molecule has 44 heavy (non-hydrogen) atoms. The Morgan fingerprint density at radius 3 is 2.45 bits per heavy atom. The Bertz CT molecular complexity index is 1580. The first-order valence-electron chi connectivity index (χ1n) is 13.9. The molecular weight excluding hydrogens is 609 g/mol. The highest BCUT2D eigenvalue weighted by atomic mass is 35.5. The number of amides is 3. The Balaban J connectivity index is 1.42. The monoisotopic (exact) mass is 639 g/mol. The van der Waals surface area contributed by atoms with E-state index in [2.05, 4.69) is 10.6 Å². The molecule has 0 spiro atoms. The fourth-order valence-electron chi connectivity index (χ4n) is 4.99. The van der Waals surface area contributed by atoms with Gasteiger partial charge in [0.05, 0.1) is 53.6 Å². The van der Waals surface area contributed by atoms with Crippen molar-refractivity contribution in [2.45, 2.75) is 12.6 Å². The van der Waals surface area contributed by atoms with Crippen molar-refractivity contribution in [1.82, 2.24) is 5.32 Å². The molecule has 3 aromatic rings. The number of anilines is 3. The molecule has 0 radical (unpaired) electrons. The summed E-state index contributed by atoms with van der Waals surface area (Å²) < 4.78 is 15.7. The summed E-state index contributed by atoms with van der Waals surface area (Å²) >= 11 is 12.3. The molecule has 2 aliphatic rings. The molecule has 2 aliphatic heterocycles. The van der Waals surface area contributed by atoms with Crippen molar-refractivity contribution in [2.75, 3.05) is 62.6 Å². The Hall–Kier alpha value is -4.00. The van der Waals surface area contributed by atoms with E-state index in [0.717, 1.165) is 11.1 Å². The summed E-state index contributed by atoms with van der Waals surface area (Å²) in [6, 6.07) is 15.7. The van der Waals surface area contributed by atoms with E-state index in [1.165, 1.54) is 12.1 Å². The second-order valence-corrected chi connectivity index (χ2v) is 10.9. The van der Waals surface area contributed by atoms with Gasteiger partial charge in [-0.2, -0.15) is 0 Å². The van der Waals surface area contributed by atoms with Crippen LogP contribution >= 0.6 is 23.2 Å². The average molecular weight is 641 g/mol. The summed E-state index contributed by atoms with van der Waals surface area (Å²) in [6.07, 6.45) is -0.692. The lowest BCUT2D eigenvalue weighted by atomic mass is 9.97. The topological polar surface area (TPSA) is 145 Å². The van der Waals surface area contributed by atoms with Gasteiger partial charge in [-0.15, -0.1) is 0 Å². The number of halogens is 2. The number of nitrogens with zero attached hydrogens (tertiary/aromatic N) is 2. The molecule has 0 fully saturated rings. The third-order valence-electron chi connectivity index (χ3n) is 7.05. The van der Waals surface area contributed by atoms with Crippen LogP contribution in [0.2, 0.25) is 10.0 Å². The first-order valence-corrected chi connectivity index (χ1v) is 14.6. The molecule has 3 amide bonds. The zero-order valence-electron chi connectivity index (χ0n) is 23.9. The maximum absolute atomic E-state index is 13.8. The van der Waals surface area contributed by atoms with Crippen molar-refractivity contribution < 1.29 is 28.6 Å². The van der Waals surface area contributed by atoms with Crippen molar-refractivity contribution in [2.24, 2.45) is 4.99 Å². The molecule has 13 heteroatoms. The van der Waals surface area contributed by atoms with E-state index in [-0.39, 0.29) is 40.4 Å². The minimum Gasteiger partial charge on any atom is -0.396 e. The lowest BCUT2D eigenvalue weighted by molar-refractivity contribution is -0.121. The third kappa shape index (κ3) is 7.03. The average Bonchev–Trinajstić information content (AvgIpc) is 3.40. The van der Waals surface area contributed by atoms with Crippen molar-refractivity contribution in [3.8, 4) is 0 Å². The molecule has 0 aromatic heterocycles. The number of hydrogen-bond acceptors (Lipinski definition) is 8. The first-order chi connectivity index (χ1) is 21.3. The zero-order chi connectivity index (χ0) is 31.2. The summed E-state index contributed by atoms with van der Waals surface area (Å²) in [4.78, 5) is 46.2. The summed E-state index contributed by atoms with van der Waals surface area (Å²) in [6.45, 7) is 1.76. The Kier molecular flexibility index (Phi) is 10.1. The number of nitrogen functional groups attached to an aromatic ring is 1. The number of carbonyl (C=O) groups excluding carboxylic acids is 3. The number of benzene rings is 3. The highest BCUT2D eigenvalue weighted by Crippen LogP contribution is 2.39. The maximum Gasteiger partial charge on any atom is 0.272 e. The van der Waals surface area contributed by atoms with Crippen LogP contribution in [-0.2, 0) is 30.2 Å². The quantitative estimate of drug-likeness (QED) is 0.202. The lowest BCUT2D eigenvalue weighted by Crippen LogP contribution is -2.47. The van der Waals surface area contributed by atoms with Crippen molar-refractivity contribution >= 4 is 63.7 Å². The fourth-order valence-corrected chi connectivity index (χ4v) is 5.48. The van der Waals surface area contributed by atoms with Crippen LogP contribution in [0.1, 0.15) is 27.0 Å². The zero-order valence-corrected chi connectivity index (χ0v) is 25.4. The molecular formula is C31H31Cl2N5O6. The van der Waals surface area contributed by atoms with E-state index in [1.807, 2.05) is 36.4 Å². The van der Waals surface area contributed by atoms with Gasteiger partial charge >= 0.3 is 0 Å². The number of rotatable bonds is 12. The Labute approximate surface area is 264 Å². The molecule has 0 aliphatic carbocycles. The molecule has 4 N–H and O–H groups in total. The smallest absolute Gasteiger partial charge is 0.272 e. The van der Waals surface area contributed by atoms with Gasteiger partial charge in [0.15, 0.2) is 0 Å². The Morgan fingerprint density at radius 2 is 1.73 bits per heavy atom. The van der Waals surface area contributed by atoms with Crippen LogP contribution in [0.5, 0.6) is 0 Å². The lowest BCUT2D eigenvalue weighted by Gasteiger charge is -2.21. The third-order valence-corrected chi connectivity index (χ3v) is 7.68. The largest absolute Gasteiger partial charge is 0.396 e. The highest BCUT2D eigenvalue weighted by molar-refractivity contribution is 6.39. The minimum atomic E-state index is -1.25. The second-order valence-electron chi connectivity index (χ2n) is 10.1. The molecule has 0 unspecified atom stereocenters. The van der Waals surface area contributed by atoms with Gasteiger partial charge < -0.3 is 35.5 Å². The van der Waals surface area contributed by atoms with E-state index in [9.17, 15) is 14.4 Å². The standard InChI is InChI=1S/C31H31Cl2N5O6/c1-42-9-10-43-11-12-44-17-25(39)35-21-13-19-7-8-38-28(19)22(16-21)27(18-5-3-2-4-6-18)36-29(31(38)41)37-30(40)20-14-23(32)26(34)24(33)15-20/h2-6,13-16,29H,7-12,17,34H2,1H3,(H,35,39)(H,37,40)/t29-/m0/s1. The van der Waals surface area contributed by atoms with Crippen LogP contribution in [0.3, 0.4) is 0 Å². The van der Waals surface area contributed by atoms with Gasteiger partial charge in [0.2, 0.25) is 12.1 Å². The summed E-state index contributed by atoms with van der Waals surface area (Å²) in [7, 11) is 1.59. The number of aliphatic imine (C=N–C) groups is 1. The van der Waals surface area contributed by atoms with E-state index >= 15 is 0 Å². The van der Waals surface area contributed by atoms with Crippen molar-refractivity contribution in [3.63, 3.8) is 0 Å². The molecule has 0 saturated heterocycles. The van der Waals surface area contributed by atoms with Crippen LogP contribution in [0.25, 0.3) is 0 Å². The molecule has 230 valence electrons. The van der Waals surface area contributed by atoms with Crippen molar-refractivity contribution in [3.05, 3.63) is 86.9 Å². The summed E-state index contributed by atoms with van der Waals surface area (Å²) in [5, 5.41) is 5.87. The first kappa shape index (κ1) is 31.4. The van der Waals surface area contributed by atoms with Gasteiger partial charge in [0.25, 0.3) is 11.8 Å². The van der Waals surface area contributed by atoms with Gasteiger partial charge in [-0.1, -0.05) is 53.5 Å². The van der Waals surface area contributed by atoms with Gasteiger partial charge in [-0.05, 0) is 36.2 Å². The van der Waals surface area contributed by atoms with Crippen LogP contribution in [-0.4, -0.2) is 76.3 Å². The number of hydrogen-bond donors (Lipinski definition) is 3. The van der Waals surface area contributed by atoms with Crippen molar-refractivity contribution in [1.29, 1.82) is 0 Å².